The number of nitrogens with zero attached hydrogens (tertiary/aromatic N) is 2. The predicted octanol–water partition coefficient (Wildman–Crippen LogP) is 1.45. The van der Waals surface area contributed by atoms with E-state index < -0.39 is 4.92 Å². The third-order valence-corrected chi connectivity index (χ3v) is 2.88. The van der Waals surface area contributed by atoms with Gasteiger partial charge in [0.05, 0.1) is 12.0 Å². The summed E-state index contributed by atoms with van der Waals surface area (Å²) in [5, 5.41) is 19.7. The van der Waals surface area contributed by atoms with Gasteiger partial charge in [-0.05, 0) is 25.5 Å². The largest absolute Gasteiger partial charge is 0.490 e. The van der Waals surface area contributed by atoms with Crippen LogP contribution < -0.4 is 4.74 Å². The van der Waals surface area contributed by atoms with Crippen molar-refractivity contribution < 1.29 is 19.6 Å². The smallest absolute Gasteiger partial charge is 0.311 e. The molecule has 7 nitrogen and oxygen atoms in total. The maximum absolute atomic E-state index is 12.2. The maximum Gasteiger partial charge on any atom is 0.311 e. The topological polar surface area (TPSA) is 92.9 Å². The van der Waals surface area contributed by atoms with Gasteiger partial charge in [0, 0.05) is 31.3 Å². The number of carbonyl (C=O) groups is 1. The first-order valence-corrected chi connectivity index (χ1v) is 6.27. The molecule has 0 saturated carbocycles. The number of benzene rings is 1. The van der Waals surface area contributed by atoms with Gasteiger partial charge >= 0.3 is 5.69 Å². The standard InChI is InChI=1S/C13H18N2O5/c1-3-14(7-4-8-16)13(17)10-5-6-12(20-2)11(9-10)15(18)19/h5-6,9,16H,3-4,7-8H2,1-2H3. The maximum atomic E-state index is 12.2. The van der Waals surface area contributed by atoms with Gasteiger partial charge in [0.15, 0.2) is 5.75 Å². The second-order valence-corrected chi connectivity index (χ2v) is 4.11. The van der Waals surface area contributed by atoms with E-state index in [4.69, 9.17) is 9.84 Å². The van der Waals surface area contributed by atoms with Crippen molar-refractivity contribution in [1.82, 2.24) is 4.90 Å². The Balaban J connectivity index is 3.03. The average Bonchev–Trinajstić information content (AvgIpc) is 2.46. The van der Waals surface area contributed by atoms with E-state index in [-0.39, 0.29) is 29.5 Å². The van der Waals surface area contributed by atoms with Crippen molar-refractivity contribution in [2.24, 2.45) is 0 Å². The molecule has 1 rings (SSSR count). The Kier molecular flexibility index (Phi) is 5.92. The average molecular weight is 282 g/mol. The number of rotatable bonds is 7. The van der Waals surface area contributed by atoms with Gasteiger partial charge in [-0.2, -0.15) is 0 Å². The Bertz CT molecular complexity index is 490. The van der Waals surface area contributed by atoms with Crippen LogP contribution in [0.2, 0.25) is 0 Å². The Morgan fingerprint density at radius 2 is 2.20 bits per heavy atom. The van der Waals surface area contributed by atoms with E-state index in [9.17, 15) is 14.9 Å². The molecule has 0 unspecified atom stereocenters. The molecule has 0 radical (unpaired) electrons. The number of carbonyl (C=O) groups excluding carboxylic acids is 1. The summed E-state index contributed by atoms with van der Waals surface area (Å²) in [5.74, 6) is -0.184. The fraction of sp³-hybridized carbons (Fsp3) is 0.462. The van der Waals surface area contributed by atoms with Gasteiger partial charge < -0.3 is 14.7 Å². The second-order valence-electron chi connectivity index (χ2n) is 4.11. The number of methoxy groups -OCH3 is 1. The summed E-state index contributed by atoms with van der Waals surface area (Å²) in [5.41, 5.74) is -0.00569. The lowest BCUT2D eigenvalue weighted by Gasteiger charge is -2.20. The second kappa shape index (κ2) is 7.44. The zero-order valence-corrected chi connectivity index (χ0v) is 11.5. The van der Waals surface area contributed by atoms with Crippen molar-refractivity contribution in [2.45, 2.75) is 13.3 Å². The monoisotopic (exact) mass is 282 g/mol. The molecular weight excluding hydrogens is 264 g/mol. The molecule has 0 fully saturated rings. The molecule has 1 amide bonds. The van der Waals surface area contributed by atoms with Gasteiger partial charge in [-0.3, -0.25) is 14.9 Å². The van der Waals surface area contributed by atoms with E-state index in [0.717, 1.165) is 0 Å². The van der Waals surface area contributed by atoms with E-state index in [2.05, 4.69) is 0 Å². The van der Waals surface area contributed by atoms with Crippen molar-refractivity contribution in [3.8, 4) is 5.75 Å². The molecule has 0 aromatic heterocycles. The number of nitro benzene ring substituents is 1. The Morgan fingerprint density at radius 3 is 2.70 bits per heavy atom. The first-order chi connectivity index (χ1) is 9.54. The highest BCUT2D eigenvalue weighted by molar-refractivity contribution is 5.95. The normalized spacial score (nSPS) is 10.2. The zero-order chi connectivity index (χ0) is 15.1. The summed E-state index contributed by atoms with van der Waals surface area (Å²) in [6, 6.07) is 4.11. The van der Waals surface area contributed by atoms with Gasteiger partial charge in [-0.15, -0.1) is 0 Å². The summed E-state index contributed by atoms with van der Waals surface area (Å²) in [4.78, 5) is 24.1. The van der Waals surface area contributed by atoms with E-state index in [0.29, 0.717) is 19.5 Å². The first-order valence-electron chi connectivity index (χ1n) is 6.27. The molecule has 0 aliphatic rings. The number of amides is 1. The van der Waals surface area contributed by atoms with Crippen molar-refractivity contribution in [1.29, 1.82) is 0 Å². The van der Waals surface area contributed by atoms with Gasteiger partial charge in [-0.25, -0.2) is 0 Å². The molecule has 7 heteroatoms. The summed E-state index contributed by atoms with van der Waals surface area (Å²) in [6.45, 7) is 2.68. The highest BCUT2D eigenvalue weighted by atomic mass is 16.6. The van der Waals surface area contributed by atoms with Crippen LogP contribution in [0.25, 0.3) is 0 Å². The minimum Gasteiger partial charge on any atom is -0.490 e. The Morgan fingerprint density at radius 1 is 1.50 bits per heavy atom. The minimum absolute atomic E-state index is 0.00740. The summed E-state index contributed by atoms with van der Waals surface area (Å²) >= 11 is 0. The highest BCUT2D eigenvalue weighted by Crippen LogP contribution is 2.28. The van der Waals surface area contributed by atoms with E-state index in [1.165, 1.54) is 30.2 Å². The summed E-state index contributed by atoms with van der Waals surface area (Å²) < 4.78 is 4.89. The fourth-order valence-corrected chi connectivity index (χ4v) is 1.81. The third kappa shape index (κ3) is 3.67. The molecule has 0 saturated heterocycles. The number of hydrogen-bond donors (Lipinski definition) is 1. The van der Waals surface area contributed by atoms with Gasteiger partial charge in [0.1, 0.15) is 0 Å². The minimum atomic E-state index is -0.584. The Hall–Kier alpha value is -2.15. The SMILES string of the molecule is CCN(CCCO)C(=O)c1ccc(OC)c([N+](=O)[O-])c1. The molecular formula is C13H18N2O5. The van der Waals surface area contributed by atoms with Crippen LogP contribution in [0.4, 0.5) is 5.69 Å². The van der Waals surface area contributed by atoms with Crippen molar-refractivity contribution >= 4 is 11.6 Å². The van der Waals surface area contributed by atoms with Gasteiger partial charge in [-0.1, -0.05) is 0 Å². The van der Waals surface area contributed by atoms with Crippen LogP contribution in [-0.2, 0) is 0 Å². The summed E-state index contributed by atoms with van der Waals surface area (Å²) in [7, 11) is 1.34. The number of aliphatic hydroxyl groups excluding tert-OH is 1. The molecule has 110 valence electrons. The lowest BCUT2D eigenvalue weighted by atomic mass is 10.1. The van der Waals surface area contributed by atoms with E-state index in [1.54, 1.807) is 0 Å². The molecule has 0 atom stereocenters. The zero-order valence-electron chi connectivity index (χ0n) is 11.5. The molecule has 1 aromatic rings. The molecule has 20 heavy (non-hydrogen) atoms. The molecule has 0 aliphatic heterocycles. The number of nitro groups is 1. The summed E-state index contributed by atoms with van der Waals surface area (Å²) in [6.07, 6.45) is 0.470. The van der Waals surface area contributed by atoms with Crippen LogP contribution in [0.5, 0.6) is 5.75 Å². The van der Waals surface area contributed by atoms with E-state index in [1.807, 2.05) is 6.92 Å². The van der Waals surface area contributed by atoms with Crippen LogP contribution in [0.15, 0.2) is 18.2 Å². The van der Waals surface area contributed by atoms with E-state index >= 15 is 0 Å². The lowest BCUT2D eigenvalue weighted by Crippen LogP contribution is -2.32. The van der Waals surface area contributed by atoms with Crippen LogP contribution >= 0.6 is 0 Å². The van der Waals surface area contributed by atoms with Crippen LogP contribution in [-0.4, -0.2) is 47.6 Å². The van der Waals surface area contributed by atoms with Crippen LogP contribution in [0.1, 0.15) is 23.7 Å². The Labute approximate surface area is 116 Å². The van der Waals surface area contributed by atoms with Crippen LogP contribution in [0, 0.1) is 10.1 Å². The molecule has 0 bridgehead atoms. The van der Waals surface area contributed by atoms with Crippen molar-refractivity contribution in [3.05, 3.63) is 33.9 Å². The van der Waals surface area contributed by atoms with Crippen molar-refractivity contribution in [3.63, 3.8) is 0 Å². The third-order valence-electron chi connectivity index (χ3n) is 2.88. The lowest BCUT2D eigenvalue weighted by molar-refractivity contribution is -0.385. The predicted molar refractivity (Wildman–Crippen MR) is 72.9 cm³/mol. The number of hydrogen-bond acceptors (Lipinski definition) is 5. The van der Waals surface area contributed by atoms with Gasteiger partial charge in [0.25, 0.3) is 5.91 Å². The van der Waals surface area contributed by atoms with Gasteiger partial charge in [0.2, 0.25) is 0 Å². The molecule has 0 spiro atoms. The quantitative estimate of drug-likeness (QED) is 0.603. The molecule has 1 N–H and O–H groups in total. The highest BCUT2D eigenvalue weighted by Gasteiger charge is 2.20. The number of ether oxygens (including phenoxy) is 1. The molecule has 0 aliphatic carbocycles. The number of aliphatic hydroxyl groups is 1. The molecule has 1 aromatic carbocycles. The van der Waals surface area contributed by atoms with Crippen molar-refractivity contribution in [2.75, 3.05) is 26.8 Å². The molecule has 0 heterocycles. The first kappa shape index (κ1) is 15.9. The fourth-order valence-electron chi connectivity index (χ4n) is 1.81. The van der Waals surface area contributed by atoms with Crippen LogP contribution in [0.3, 0.4) is 0 Å².